The van der Waals surface area contributed by atoms with Crippen LogP contribution in [0.25, 0.3) is 5.76 Å². The Bertz CT molecular complexity index is 1290. The molecule has 0 bridgehead atoms. The quantitative estimate of drug-likeness (QED) is 0.264. The average molecular weight is 476 g/mol. The summed E-state index contributed by atoms with van der Waals surface area (Å²) in [5, 5.41) is 11.9. The predicted octanol–water partition coefficient (Wildman–Crippen LogP) is 6.37. The highest BCUT2D eigenvalue weighted by molar-refractivity contribution is 6.51. The maximum atomic E-state index is 13.3. The first-order chi connectivity index (χ1) is 16.2. The number of hydrogen-bond donors (Lipinski definition) is 1. The summed E-state index contributed by atoms with van der Waals surface area (Å²) in [7, 11) is 0. The number of aliphatic hydroxyl groups excluding tert-OH is 1. The molecule has 5 nitrogen and oxygen atoms in total. The third kappa shape index (κ3) is 4.44. The SMILES string of the molecule is Cc1cccc(C2/C(=C(/O)c3ccc(OC(C)C)c(C)c3)C(=O)C(=O)N2c2ccc(Cl)cc2)c1. The fraction of sp³-hybridized carbons (Fsp3) is 0.214. The molecule has 34 heavy (non-hydrogen) atoms. The molecule has 0 spiro atoms. The highest BCUT2D eigenvalue weighted by atomic mass is 35.5. The van der Waals surface area contributed by atoms with E-state index in [1.165, 1.54) is 4.90 Å². The number of carbonyl (C=O) groups excluding carboxylic acids is 2. The van der Waals surface area contributed by atoms with E-state index in [1.54, 1.807) is 42.5 Å². The second-order valence-electron chi connectivity index (χ2n) is 8.71. The van der Waals surface area contributed by atoms with Gasteiger partial charge in [0.2, 0.25) is 0 Å². The number of benzene rings is 3. The molecular formula is C28H26ClNO4. The van der Waals surface area contributed by atoms with Gasteiger partial charge in [-0.3, -0.25) is 14.5 Å². The van der Waals surface area contributed by atoms with Gasteiger partial charge in [-0.05, 0) is 81.3 Å². The number of halogens is 1. The van der Waals surface area contributed by atoms with Crippen molar-refractivity contribution in [2.24, 2.45) is 0 Å². The van der Waals surface area contributed by atoms with Gasteiger partial charge in [-0.25, -0.2) is 0 Å². The summed E-state index contributed by atoms with van der Waals surface area (Å²) in [5.41, 5.74) is 3.53. The van der Waals surface area contributed by atoms with Crippen molar-refractivity contribution < 1.29 is 19.4 Å². The van der Waals surface area contributed by atoms with Gasteiger partial charge in [0.15, 0.2) is 0 Å². The lowest BCUT2D eigenvalue weighted by Gasteiger charge is -2.26. The topological polar surface area (TPSA) is 66.8 Å². The number of nitrogens with zero attached hydrogens (tertiary/aromatic N) is 1. The number of rotatable bonds is 5. The second-order valence-corrected chi connectivity index (χ2v) is 9.14. The minimum Gasteiger partial charge on any atom is -0.507 e. The van der Waals surface area contributed by atoms with Crippen LogP contribution in [0.4, 0.5) is 5.69 Å². The number of amides is 1. The molecule has 4 rings (SSSR count). The van der Waals surface area contributed by atoms with Crippen LogP contribution < -0.4 is 9.64 Å². The van der Waals surface area contributed by atoms with Gasteiger partial charge >= 0.3 is 0 Å². The van der Waals surface area contributed by atoms with Crippen LogP contribution in [0.2, 0.25) is 5.02 Å². The molecule has 1 unspecified atom stereocenters. The highest BCUT2D eigenvalue weighted by Crippen LogP contribution is 2.42. The minimum absolute atomic E-state index is 0.00386. The molecule has 6 heteroatoms. The van der Waals surface area contributed by atoms with Gasteiger partial charge in [-0.2, -0.15) is 0 Å². The predicted molar refractivity (Wildman–Crippen MR) is 134 cm³/mol. The lowest BCUT2D eigenvalue weighted by atomic mass is 9.94. The van der Waals surface area contributed by atoms with E-state index < -0.39 is 17.7 Å². The number of Topliss-reactive ketones (excluding diaryl/α,β-unsaturated/α-hetero) is 1. The van der Waals surface area contributed by atoms with E-state index in [4.69, 9.17) is 16.3 Å². The number of hydrogen-bond acceptors (Lipinski definition) is 4. The van der Waals surface area contributed by atoms with Crippen molar-refractivity contribution in [3.63, 3.8) is 0 Å². The summed E-state index contributed by atoms with van der Waals surface area (Å²) in [6.07, 6.45) is 0.00386. The Balaban J connectivity index is 1.89. The van der Waals surface area contributed by atoms with Crippen LogP contribution in [0.1, 0.15) is 42.1 Å². The maximum Gasteiger partial charge on any atom is 0.300 e. The molecule has 1 saturated heterocycles. The van der Waals surface area contributed by atoms with Gasteiger partial charge in [0.05, 0.1) is 17.7 Å². The zero-order valence-corrected chi connectivity index (χ0v) is 20.3. The molecular weight excluding hydrogens is 450 g/mol. The lowest BCUT2D eigenvalue weighted by molar-refractivity contribution is -0.132. The number of carbonyl (C=O) groups is 2. The first-order valence-corrected chi connectivity index (χ1v) is 11.5. The molecule has 0 aliphatic carbocycles. The number of anilines is 1. The standard InChI is InChI=1S/C28H26ClNO4/c1-16(2)34-23-13-8-20(15-18(23)4)26(31)24-25(19-7-5-6-17(3)14-19)30(28(33)27(24)32)22-11-9-21(29)10-12-22/h5-16,25,31H,1-4H3/b26-24-. The number of ether oxygens (including phenoxy) is 1. The molecule has 1 aliphatic rings. The summed E-state index contributed by atoms with van der Waals surface area (Å²) in [6, 6.07) is 18.7. The number of ketones is 1. The summed E-state index contributed by atoms with van der Waals surface area (Å²) in [4.78, 5) is 27.9. The summed E-state index contributed by atoms with van der Waals surface area (Å²) < 4.78 is 5.79. The van der Waals surface area contributed by atoms with E-state index in [0.29, 0.717) is 22.0 Å². The monoisotopic (exact) mass is 475 g/mol. The fourth-order valence-corrected chi connectivity index (χ4v) is 4.32. The van der Waals surface area contributed by atoms with Crippen molar-refractivity contribution in [1.29, 1.82) is 0 Å². The third-order valence-corrected chi connectivity index (χ3v) is 5.97. The smallest absolute Gasteiger partial charge is 0.300 e. The average Bonchev–Trinajstić information content (AvgIpc) is 3.05. The van der Waals surface area contributed by atoms with Gasteiger partial charge in [0.25, 0.3) is 11.7 Å². The molecule has 1 N–H and O–H groups in total. The minimum atomic E-state index is -0.784. The highest BCUT2D eigenvalue weighted by Gasteiger charge is 2.47. The number of aryl methyl sites for hydroxylation is 2. The van der Waals surface area contributed by atoms with Crippen LogP contribution >= 0.6 is 11.6 Å². The molecule has 1 heterocycles. The Morgan fingerprint density at radius 2 is 1.71 bits per heavy atom. The molecule has 1 aliphatic heterocycles. The molecule has 1 atom stereocenters. The zero-order chi connectivity index (χ0) is 24.6. The normalized spacial score (nSPS) is 17.5. The van der Waals surface area contributed by atoms with E-state index in [9.17, 15) is 14.7 Å². The van der Waals surface area contributed by atoms with Crippen LogP contribution in [0.3, 0.4) is 0 Å². The van der Waals surface area contributed by atoms with Crippen LogP contribution in [0.5, 0.6) is 5.75 Å². The molecule has 3 aromatic carbocycles. The van der Waals surface area contributed by atoms with Gasteiger partial charge in [-0.15, -0.1) is 0 Å². The molecule has 1 fully saturated rings. The molecule has 0 radical (unpaired) electrons. The maximum absolute atomic E-state index is 13.3. The lowest BCUT2D eigenvalue weighted by Crippen LogP contribution is -2.29. The molecule has 174 valence electrons. The van der Waals surface area contributed by atoms with Crippen LogP contribution in [-0.4, -0.2) is 22.9 Å². The van der Waals surface area contributed by atoms with Gasteiger partial charge in [0, 0.05) is 16.3 Å². The van der Waals surface area contributed by atoms with Crippen molar-refractivity contribution in [2.75, 3.05) is 4.90 Å². The Hall–Kier alpha value is -3.57. The Morgan fingerprint density at radius 1 is 1.00 bits per heavy atom. The van der Waals surface area contributed by atoms with Crippen molar-refractivity contribution in [3.05, 3.63) is 99.6 Å². The van der Waals surface area contributed by atoms with Crippen molar-refractivity contribution >= 4 is 34.7 Å². The molecule has 3 aromatic rings. The van der Waals surface area contributed by atoms with E-state index in [1.807, 2.05) is 52.0 Å². The molecule has 0 aromatic heterocycles. The van der Waals surface area contributed by atoms with Crippen LogP contribution in [0, 0.1) is 13.8 Å². The molecule has 1 amide bonds. The summed E-state index contributed by atoms with van der Waals surface area (Å²) >= 11 is 6.05. The first kappa shape index (κ1) is 23.6. The van der Waals surface area contributed by atoms with E-state index in [0.717, 1.165) is 16.7 Å². The third-order valence-electron chi connectivity index (χ3n) is 5.72. The Labute approximate surface area is 204 Å². The number of aliphatic hydroxyl groups is 1. The van der Waals surface area contributed by atoms with Gasteiger partial charge in [-0.1, -0.05) is 41.4 Å². The van der Waals surface area contributed by atoms with E-state index in [2.05, 4.69) is 0 Å². The van der Waals surface area contributed by atoms with Crippen LogP contribution in [0.15, 0.2) is 72.3 Å². The largest absolute Gasteiger partial charge is 0.507 e. The van der Waals surface area contributed by atoms with Gasteiger partial charge in [0.1, 0.15) is 11.5 Å². The Kier molecular flexibility index (Phi) is 6.49. The van der Waals surface area contributed by atoms with Crippen molar-refractivity contribution in [3.8, 4) is 5.75 Å². The Morgan fingerprint density at radius 3 is 2.32 bits per heavy atom. The van der Waals surface area contributed by atoms with Crippen molar-refractivity contribution in [2.45, 2.75) is 39.8 Å². The van der Waals surface area contributed by atoms with E-state index in [-0.39, 0.29) is 17.4 Å². The van der Waals surface area contributed by atoms with Crippen molar-refractivity contribution in [1.82, 2.24) is 0 Å². The fourth-order valence-electron chi connectivity index (χ4n) is 4.19. The zero-order valence-electron chi connectivity index (χ0n) is 19.5. The van der Waals surface area contributed by atoms with Gasteiger partial charge < -0.3 is 9.84 Å². The van der Waals surface area contributed by atoms with E-state index >= 15 is 0 Å². The summed E-state index contributed by atoms with van der Waals surface area (Å²) in [6.45, 7) is 7.69. The van der Waals surface area contributed by atoms with Crippen LogP contribution in [-0.2, 0) is 9.59 Å². The summed E-state index contributed by atoms with van der Waals surface area (Å²) in [5.74, 6) is -0.963. The second kappa shape index (κ2) is 9.35. The first-order valence-electron chi connectivity index (χ1n) is 11.1. The molecule has 0 saturated carbocycles.